The highest BCUT2D eigenvalue weighted by Crippen LogP contribution is 2.50. The van der Waals surface area contributed by atoms with E-state index >= 15 is 0 Å². The molecule has 3 aliphatic rings. The van der Waals surface area contributed by atoms with Crippen LogP contribution in [0.5, 0.6) is 5.75 Å². The van der Waals surface area contributed by atoms with Gasteiger partial charge < -0.3 is 24.6 Å². The second kappa shape index (κ2) is 9.82. The van der Waals surface area contributed by atoms with Gasteiger partial charge in [0.2, 0.25) is 0 Å². The van der Waals surface area contributed by atoms with Crippen molar-refractivity contribution in [2.45, 2.75) is 69.3 Å². The number of amides is 1. The van der Waals surface area contributed by atoms with Crippen LogP contribution in [0.3, 0.4) is 0 Å². The SMILES string of the molecule is CNCCC(Oc1ccccc1N1CCC2(CC1)CN(C(C)C)C(=O)C1(CC1)O2)c1ccccc1. The Kier molecular flexibility index (Phi) is 6.78. The van der Waals surface area contributed by atoms with E-state index < -0.39 is 5.60 Å². The third kappa shape index (κ3) is 4.91. The van der Waals surface area contributed by atoms with Crippen LogP contribution in [0.2, 0.25) is 0 Å². The normalized spacial score (nSPS) is 21.5. The fourth-order valence-corrected chi connectivity index (χ4v) is 5.60. The summed E-state index contributed by atoms with van der Waals surface area (Å²) in [5.41, 5.74) is 1.56. The summed E-state index contributed by atoms with van der Waals surface area (Å²) in [6, 6.07) is 19.1. The molecule has 35 heavy (non-hydrogen) atoms. The van der Waals surface area contributed by atoms with Gasteiger partial charge in [0.1, 0.15) is 17.5 Å². The molecule has 2 saturated heterocycles. The topological polar surface area (TPSA) is 54.0 Å². The van der Waals surface area contributed by atoms with E-state index in [2.05, 4.69) is 77.5 Å². The number of carbonyl (C=O) groups excluding carboxylic acids is 1. The summed E-state index contributed by atoms with van der Waals surface area (Å²) in [5.74, 6) is 1.13. The Hall–Kier alpha value is -2.57. The molecule has 2 aliphatic heterocycles. The molecule has 1 unspecified atom stereocenters. The highest BCUT2D eigenvalue weighted by molar-refractivity contribution is 5.89. The van der Waals surface area contributed by atoms with E-state index in [4.69, 9.17) is 9.47 Å². The van der Waals surface area contributed by atoms with E-state index in [0.29, 0.717) is 6.54 Å². The lowest BCUT2D eigenvalue weighted by molar-refractivity contribution is -0.198. The predicted octanol–water partition coefficient (Wildman–Crippen LogP) is 4.56. The lowest BCUT2D eigenvalue weighted by atomic mass is 9.87. The molecule has 2 aromatic rings. The molecule has 6 nitrogen and oxygen atoms in total. The van der Waals surface area contributed by atoms with Gasteiger partial charge in [0.15, 0.2) is 0 Å². The van der Waals surface area contributed by atoms with Crippen molar-refractivity contribution >= 4 is 11.6 Å². The summed E-state index contributed by atoms with van der Waals surface area (Å²) in [7, 11) is 1.98. The molecule has 1 atom stereocenters. The fourth-order valence-electron chi connectivity index (χ4n) is 5.60. The predicted molar refractivity (Wildman–Crippen MR) is 139 cm³/mol. The van der Waals surface area contributed by atoms with Crippen molar-refractivity contribution < 1.29 is 14.3 Å². The minimum atomic E-state index is -0.540. The van der Waals surface area contributed by atoms with Gasteiger partial charge in [0.05, 0.1) is 17.8 Å². The maximum absolute atomic E-state index is 13.0. The molecule has 1 aliphatic carbocycles. The Morgan fingerprint density at radius 3 is 2.34 bits per heavy atom. The molecule has 2 heterocycles. The number of piperidine rings is 1. The van der Waals surface area contributed by atoms with Crippen LogP contribution in [0.25, 0.3) is 0 Å². The molecule has 2 aromatic carbocycles. The molecular weight excluding hydrogens is 438 g/mol. The van der Waals surface area contributed by atoms with Crippen LogP contribution in [-0.4, -0.2) is 61.3 Å². The highest BCUT2D eigenvalue weighted by atomic mass is 16.5. The molecule has 1 saturated carbocycles. The van der Waals surface area contributed by atoms with Crippen LogP contribution >= 0.6 is 0 Å². The third-order valence-corrected chi connectivity index (χ3v) is 7.83. The van der Waals surface area contributed by atoms with E-state index in [1.54, 1.807) is 0 Å². The van der Waals surface area contributed by atoms with E-state index in [9.17, 15) is 4.79 Å². The molecule has 188 valence electrons. The van der Waals surface area contributed by atoms with Crippen molar-refractivity contribution in [2.24, 2.45) is 0 Å². The number of carbonyl (C=O) groups is 1. The van der Waals surface area contributed by atoms with Crippen LogP contribution < -0.4 is 15.0 Å². The van der Waals surface area contributed by atoms with E-state index in [1.807, 2.05) is 13.1 Å². The Balaban J connectivity index is 1.31. The summed E-state index contributed by atoms with van der Waals surface area (Å²) in [5, 5.41) is 3.26. The Morgan fingerprint density at radius 2 is 1.69 bits per heavy atom. The monoisotopic (exact) mass is 477 g/mol. The summed E-state index contributed by atoms with van der Waals surface area (Å²) < 4.78 is 13.3. The third-order valence-electron chi connectivity index (χ3n) is 7.83. The first-order valence-electron chi connectivity index (χ1n) is 13.2. The van der Waals surface area contributed by atoms with Crippen molar-refractivity contribution in [3.63, 3.8) is 0 Å². The minimum absolute atomic E-state index is 0.0112. The second-order valence-electron chi connectivity index (χ2n) is 10.7. The van der Waals surface area contributed by atoms with Crippen LogP contribution in [0.1, 0.15) is 57.6 Å². The number of para-hydroxylation sites is 2. The van der Waals surface area contributed by atoms with Crippen LogP contribution in [0.4, 0.5) is 5.69 Å². The Labute approximate surface area is 209 Å². The van der Waals surface area contributed by atoms with E-state index in [1.165, 1.54) is 5.56 Å². The highest BCUT2D eigenvalue weighted by Gasteiger charge is 2.62. The van der Waals surface area contributed by atoms with Crippen molar-refractivity contribution in [1.82, 2.24) is 10.2 Å². The van der Waals surface area contributed by atoms with Gasteiger partial charge in [-0.2, -0.15) is 0 Å². The van der Waals surface area contributed by atoms with Crippen LogP contribution in [0, 0.1) is 0 Å². The molecular formula is C29H39N3O3. The number of ether oxygens (including phenoxy) is 2. The minimum Gasteiger partial charge on any atom is -0.484 e. The lowest BCUT2D eigenvalue weighted by Gasteiger charge is -2.51. The summed E-state index contributed by atoms with van der Waals surface area (Å²) in [4.78, 5) is 17.5. The zero-order valence-corrected chi connectivity index (χ0v) is 21.3. The molecule has 3 fully saturated rings. The molecule has 1 N–H and O–H groups in total. The van der Waals surface area contributed by atoms with Gasteiger partial charge in [-0.1, -0.05) is 42.5 Å². The van der Waals surface area contributed by atoms with Gasteiger partial charge >= 0.3 is 0 Å². The summed E-state index contributed by atoms with van der Waals surface area (Å²) >= 11 is 0. The Bertz CT molecular complexity index is 1010. The van der Waals surface area contributed by atoms with Gasteiger partial charge in [0.25, 0.3) is 5.91 Å². The number of hydrogen-bond acceptors (Lipinski definition) is 5. The maximum atomic E-state index is 13.0. The van der Waals surface area contributed by atoms with Crippen molar-refractivity contribution in [3.05, 3.63) is 60.2 Å². The van der Waals surface area contributed by atoms with Crippen molar-refractivity contribution in [2.75, 3.05) is 38.1 Å². The zero-order chi connectivity index (χ0) is 24.5. The number of rotatable bonds is 8. The maximum Gasteiger partial charge on any atom is 0.255 e. The number of nitrogens with zero attached hydrogens (tertiary/aromatic N) is 2. The van der Waals surface area contributed by atoms with Crippen molar-refractivity contribution in [1.29, 1.82) is 0 Å². The first kappa shape index (κ1) is 24.1. The number of benzene rings is 2. The molecule has 2 spiro atoms. The van der Waals surface area contributed by atoms with E-state index in [-0.39, 0.29) is 23.7 Å². The largest absolute Gasteiger partial charge is 0.484 e. The number of anilines is 1. The van der Waals surface area contributed by atoms with E-state index in [0.717, 1.165) is 63.2 Å². The molecule has 6 heteroatoms. The zero-order valence-electron chi connectivity index (χ0n) is 21.3. The second-order valence-corrected chi connectivity index (χ2v) is 10.7. The standard InChI is InChI=1S/C29H39N3O3/c1-22(2)32-21-28(35-29(14-15-29)27(32)33)16-19-31(20-17-28)24-11-7-8-12-26(24)34-25(13-18-30-3)23-9-5-4-6-10-23/h4-12,22,25,30H,13-21H2,1-3H3. The molecule has 1 amide bonds. The van der Waals surface area contributed by atoms with Gasteiger partial charge in [0, 0.05) is 25.6 Å². The first-order chi connectivity index (χ1) is 17.0. The summed E-state index contributed by atoms with van der Waals surface area (Å²) in [6.45, 7) is 7.61. The quantitative estimate of drug-likeness (QED) is 0.604. The number of nitrogens with one attached hydrogen (secondary N) is 1. The average Bonchev–Trinajstić information content (AvgIpc) is 3.65. The Morgan fingerprint density at radius 1 is 1.00 bits per heavy atom. The molecule has 5 rings (SSSR count). The smallest absolute Gasteiger partial charge is 0.255 e. The van der Waals surface area contributed by atoms with Gasteiger partial charge in [-0.25, -0.2) is 0 Å². The molecule has 0 bridgehead atoms. The summed E-state index contributed by atoms with van der Waals surface area (Å²) in [6.07, 6.45) is 4.45. The van der Waals surface area contributed by atoms with Crippen LogP contribution in [-0.2, 0) is 9.53 Å². The van der Waals surface area contributed by atoms with Gasteiger partial charge in [-0.15, -0.1) is 0 Å². The fraction of sp³-hybridized carbons (Fsp3) is 0.552. The average molecular weight is 478 g/mol. The first-order valence-corrected chi connectivity index (χ1v) is 13.2. The molecule has 0 radical (unpaired) electrons. The van der Waals surface area contributed by atoms with Crippen molar-refractivity contribution in [3.8, 4) is 5.75 Å². The van der Waals surface area contributed by atoms with Gasteiger partial charge in [-0.05, 0) is 70.8 Å². The van der Waals surface area contributed by atoms with Gasteiger partial charge in [-0.3, -0.25) is 4.79 Å². The van der Waals surface area contributed by atoms with Crippen LogP contribution in [0.15, 0.2) is 54.6 Å². The number of morpholine rings is 1. The molecule has 0 aromatic heterocycles. The number of hydrogen-bond donors (Lipinski definition) is 1. The lowest BCUT2D eigenvalue weighted by Crippen LogP contribution is -2.64.